The second-order valence-corrected chi connectivity index (χ2v) is 7.81. The van der Waals surface area contributed by atoms with Crippen LogP contribution < -0.4 is 10.6 Å². The van der Waals surface area contributed by atoms with Gasteiger partial charge in [0.05, 0.1) is 11.7 Å². The highest BCUT2D eigenvalue weighted by Gasteiger charge is 2.21. The highest BCUT2D eigenvalue weighted by molar-refractivity contribution is 7.15. The van der Waals surface area contributed by atoms with E-state index < -0.39 is 0 Å². The molecule has 0 unspecified atom stereocenters. The molecule has 0 saturated heterocycles. The number of fused-ring (bicyclic) bond motifs is 1. The molecule has 1 aromatic heterocycles. The van der Waals surface area contributed by atoms with Crippen molar-refractivity contribution in [1.82, 2.24) is 15.2 Å². The SMILES string of the molecule is CN1CCc2nc(NC(=O)NC(c3ccccc3)c3ccccc3)sc2C1. The van der Waals surface area contributed by atoms with Gasteiger partial charge in [0.2, 0.25) is 0 Å². The molecule has 0 bridgehead atoms. The van der Waals surface area contributed by atoms with Gasteiger partial charge in [0.1, 0.15) is 0 Å². The number of benzene rings is 2. The Kier molecular flexibility index (Phi) is 5.18. The summed E-state index contributed by atoms with van der Waals surface area (Å²) >= 11 is 1.56. The van der Waals surface area contributed by atoms with Crippen LogP contribution in [0.5, 0.6) is 0 Å². The van der Waals surface area contributed by atoms with Crippen molar-refractivity contribution in [2.45, 2.75) is 19.0 Å². The zero-order chi connectivity index (χ0) is 18.6. The van der Waals surface area contributed by atoms with Gasteiger partial charge in [0.15, 0.2) is 5.13 Å². The van der Waals surface area contributed by atoms with Crippen molar-refractivity contribution >= 4 is 22.5 Å². The summed E-state index contributed by atoms with van der Waals surface area (Å²) in [7, 11) is 2.10. The molecule has 3 aromatic rings. The molecule has 0 spiro atoms. The van der Waals surface area contributed by atoms with E-state index in [4.69, 9.17) is 0 Å². The smallest absolute Gasteiger partial charge is 0.321 e. The Labute approximate surface area is 163 Å². The molecule has 0 saturated carbocycles. The standard InChI is InChI=1S/C21H22N4OS/c1-25-13-12-17-18(14-25)27-21(22-17)24-20(26)23-19(15-8-4-2-5-9-15)16-10-6-3-7-11-16/h2-11,19H,12-14H2,1H3,(H2,22,23,24,26). The fraction of sp³-hybridized carbons (Fsp3) is 0.238. The third-order valence-corrected chi connectivity index (χ3v) is 5.68. The summed E-state index contributed by atoms with van der Waals surface area (Å²) in [6, 6.07) is 19.5. The third kappa shape index (κ3) is 4.18. The molecule has 5 nitrogen and oxygen atoms in total. The number of aromatic nitrogens is 1. The van der Waals surface area contributed by atoms with Crippen molar-refractivity contribution in [3.63, 3.8) is 0 Å². The van der Waals surface area contributed by atoms with E-state index in [1.54, 1.807) is 11.3 Å². The predicted molar refractivity (Wildman–Crippen MR) is 109 cm³/mol. The molecule has 2 aromatic carbocycles. The number of rotatable bonds is 4. The number of thiazole rings is 1. The fourth-order valence-electron chi connectivity index (χ4n) is 3.29. The highest BCUT2D eigenvalue weighted by Crippen LogP contribution is 2.28. The zero-order valence-corrected chi connectivity index (χ0v) is 16.0. The third-order valence-electron chi connectivity index (χ3n) is 4.68. The molecule has 1 aliphatic rings. The van der Waals surface area contributed by atoms with Crippen LogP contribution in [0.1, 0.15) is 27.7 Å². The Morgan fingerprint density at radius 3 is 2.33 bits per heavy atom. The van der Waals surface area contributed by atoms with E-state index in [-0.39, 0.29) is 12.1 Å². The van der Waals surface area contributed by atoms with E-state index in [1.165, 1.54) is 4.88 Å². The molecule has 27 heavy (non-hydrogen) atoms. The fourth-order valence-corrected chi connectivity index (χ4v) is 4.37. The number of nitrogens with zero attached hydrogens (tertiary/aromatic N) is 2. The van der Waals surface area contributed by atoms with Crippen LogP contribution in [0.25, 0.3) is 0 Å². The van der Waals surface area contributed by atoms with E-state index in [0.717, 1.165) is 36.3 Å². The molecular weight excluding hydrogens is 356 g/mol. The average molecular weight is 379 g/mol. The van der Waals surface area contributed by atoms with E-state index in [2.05, 4.69) is 27.6 Å². The largest absolute Gasteiger partial charge is 0.327 e. The molecule has 2 heterocycles. The van der Waals surface area contributed by atoms with Gasteiger partial charge in [0.25, 0.3) is 0 Å². The Morgan fingerprint density at radius 2 is 1.70 bits per heavy atom. The minimum Gasteiger partial charge on any atom is -0.327 e. The number of amides is 2. The second-order valence-electron chi connectivity index (χ2n) is 6.73. The van der Waals surface area contributed by atoms with Crippen LogP contribution in [0.3, 0.4) is 0 Å². The van der Waals surface area contributed by atoms with Gasteiger partial charge in [-0.2, -0.15) is 0 Å². The van der Waals surface area contributed by atoms with Crippen molar-refractivity contribution in [2.75, 3.05) is 18.9 Å². The van der Waals surface area contributed by atoms with Crippen LogP contribution >= 0.6 is 11.3 Å². The van der Waals surface area contributed by atoms with Crippen LogP contribution in [-0.2, 0) is 13.0 Å². The van der Waals surface area contributed by atoms with E-state index in [1.807, 2.05) is 60.7 Å². The number of carbonyl (C=O) groups excluding carboxylic acids is 1. The van der Waals surface area contributed by atoms with Crippen molar-refractivity contribution in [3.8, 4) is 0 Å². The average Bonchev–Trinajstić information content (AvgIpc) is 3.08. The maximum absolute atomic E-state index is 12.7. The highest BCUT2D eigenvalue weighted by atomic mass is 32.1. The monoisotopic (exact) mass is 378 g/mol. The van der Waals surface area contributed by atoms with Crippen molar-refractivity contribution in [3.05, 3.63) is 82.4 Å². The molecule has 6 heteroatoms. The maximum Gasteiger partial charge on any atom is 0.321 e. The lowest BCUT2D eigenvalue weighted by molar-refractivity contribution is 0.250. The summed E-state index contributed by atoms with van der Waals surface area (Å²) in [5.74, 6) is 0. The molecule has 138 valence electrons. The van der Waals surface area contributed by atoms with Crippen LogP contribution in [0.15, 0.2) is 60.7 Å². The number of anilines is 1. The topological polar surface area (TPSA) is 57.3 Å². The van der Waals surface area contributed by atoms with Gasteiger partial charge >= 0.3 is 6.03 Å². The van der Waals surface area contributed by atoms with Crippen molar-refractivity contribution in [1.29, 1.82) is 0 Å². The first-order valence-electron chi connectivity index (χ1n) is 9.03. The Morgan fingerprint density at radius 1 is 1.07 bits per heavy atom. The normalized spacial score (nSPS) is 14.0. The van der Waals surface area contributed by atoms with Gasteiger partial charge in [-0.15, -0.1) is 11.3 Å². The van der Waals surface area contributed by atoms with Gasteiger partial charge in [-0.05, 0) is 18.2 Å². The Balaban J connectivity index is 1.51. The lowest BCUT2D eigenvalue weighted by atomic mass is 9.99. The van der Waals surface area contributed by atoms with Crippen molar-refractivity contribution in [2.24, 2.45) is 0 Å². The van der Waals surface area contributed by atoms with Crippen LogP contribution in [0.4, 0.5) is 9.93 Å². The molecule has 0 radical (unpaired) electrons. The molecule has 2 N–H and O–H groups in total. The molecular formula is C21H22N4OS. The molecule has 4 rings (SSSR count). The summed E-state index contributed by atoms with van der Waals surface area (Å²) in [4.78, 5) is 20.8. The Bertz CT molecular complexity index is 871. The number of nitrogens with one attached hydrogen (secondary N) is 2. The number of urea groups is 1. The first-order valence-corrected chi connectivity index (χ1v) is 9.85. The summed E-state index contributed by atoms with van der Waals surface area (Å²) in [6.45, 7) is 1.90. The van der Waals surface area contributed by atoms with E-state index in [9.17, 15) is 4.79 Å². The summed E-state index contributed by atoms with van der Waals surface area (Å²) in [6.07, 6.45) is 0.933. The van der Waals surface area contributed by atoms with Gasteiger partial charge in [0, 0.05) is 24.4 Å². The number of hydrogen-bond acceptors (Lipinski definition) is 4. The maximum atomic E-state index is 12.7. The molecule has 0 fully saturated rings. The predicted octanol–water partition coefficient (Wildman–Crippen LogP) is 4.04. The van der Waals surface area contributed by atoms with Crippen LogP contribution in [0, 0.1) is 0 Å². The first-order chi connectivity index (χ1) is 13.2. The number of likely N-dealkylation sites (N-methyl/N-ethyl adjacent to an activating group) is 1. The van der Waals surface area contributed by atoms with Gasteiger partial charge in [-0.3, -0.25) is 5.32 Å². The lowest BCUT2D eigenvalue weighted by Gasteiger charge is -2.20. The minimum absolute atomic E-state index is 0.215. The van der Waals surface area contributed by atoms with Crippen LogP contribution in [0.2, 0.25) is 0 Å². The number of hydrogen-bond donors (Lipinski definition) is 2. The lowest BCUT2D eigenvalue weighted by Crippen LogP contribution is -2.33. The second kappa shape index (κ2) is 7.90. The number of carbonyl (C=O) groups is 1. The van der Waals surface area contributed by atoms with Crippen molar-refractivity contribution < 1.29 is 4.79 Å². The van der Waals surface area contributed by atoms with E-state index in [0.29, 0.717) is 5.13 Å². The Hall–Kier alpha value is -2.70. The summed E-state index contributed by atoms with van der Waals surface area (Å²) < 4.78 is 0. The van der Waals surface area contributed by atoms with E-state index >= 15 is 0 Å². The molecule has 0 atom stereocenters. The van der Waals surface area contributed by atoms with Gasteiger partial charge < -0.3 is 10.2 Å². The first kappa shape index (κ1) is 17.7. The summed E-state index contributed by atoms with van der Waals surface area (Å²) in [5.41, 5.74) is 3.19. The zero-order valence-electron chi connectivity index (χ0n) is 15.2. The molecule has 2 amide bonds. The summed E-state index contributed by atoms with van der Waals surface area (Å²) in [5, 5.41) is 6.68. The van der Waals surface area contributed by atoms with Crippen LogP contribution in [-0.4, -0.2) is 29.5 Å². The van der Waals surface area contributed by atoms with Gasteiger partial charge in [-0.1, -0.05) is 60.7 Å². The minimum atomic E-state index is -0.243. The molecule has 1 aliphatic heterocycles. The molecule has 0 aliphatic carbocycles. The quantitative estimate of drug-likeness (QED) is 0.720. The van der Waals surface area contributed by atoms with Gasteiger partial charge in [-0.25, -0.2) is 9.78 Å².